The first-order valence-electron chi connectivity index (χ1n) is 5.85. The molecule has 1 N–H and O–H groups in total. The van der Waals surface area contributed by atoms with E-state index in [0.717, 1.165) is 15.2 Å². The van der Waals surface area contributed by atoms with E-state index in [9.17, 15) is 0 Å². The van der Waals surface area contributed by atoms with Crippen molar-refractivity contribution in [2.75, 3.05) is 5.32 Å². The molecule has 1 nitrogen and oxygen atoms in total. The van der Waals surface area contributed by atoms with Crippen LogP contribution in [0.1, 0.15) is 24.1 Å². The standard InChI is InChI=1S/C15H15BrClN/c1-10-5-3-4-6-13(10)11(2)18-15-8-7-12(17)9-14(15)16/h3-9,11,18H,1-2H3. The Morgan fingerprint density at radius 2 is 1.89 bits per heavy atom. The smallest absolute Gasteiger partial charge is 0.0490 e. The number of benzene rings is 2. The monoisotopic (exact) mass is 323 g/mol. The van der Waals surface area contributed by atoms with Gasteiger partial charge in [0, 0.05) is 21.2 Å². The van der Waals surface area contributed by atoms with Gasteiger partial charge < -0.3 is 5.32 Å². The summed E-state index contributed by atoms with van der Waals surface area (Å²) in [5.41, 5.74) is 3.65. The zero-order chi connectivity index (χ0) is 13.1. The lowest BCUT2D eigenvalue weighted by molar-refractivity contribution is 0.873. The van der Waals surface area contributed by atoms with Gasteiger partial charge >= 0.3 is 0 Å². The number of anilines is 1. The van der Waals surface area contributed by atoms with Crippen molar-refractivity contribution in [1.82, 2.24) is 0 Å². The van der Waals surface area contributed by atoms with Crippen LogP contribution < -0.4 is 5.32 Å². The third kappa shape index (κ3) is 3.06. The Labute approximate surface area is 121 Å². The van der Waals surface area contributed by atoms with Crippen LogP contribution >= 0.6 is 27.5 Å². The summed E-state index contributed by atoms with van der Waals surface area (Å²) < 4.78 is 0.982. The Morgan fingerprint density at radius 3 is 2.56 bits per heavy atom. The lowest BCUT2D eigenvalue weighted by Gasteiger charge is -2.18. The van der Waals surface area contributed by atoms with Crippen LogP contribution in [0.4, 0.5) is 5.69 Å². The van der Waals surface area contributed by atoms with Crippen LogP contribution in [-0.4, -0.2) is 0 Å². The maximum absolute atomic E-state index is 5.94. The molecule has 1 atom stereocenters. The molecule has 0 aromatic heterocycles. The third-order valence-electron chi connectivity index (χ3n) is 2.96. The minimum absolute atomic E-state index is 0.253. The summed E-state index contributed by atoms with van der Waals surface area (Å²) in [6.07, 6.45) is 0. The Morgan fingerprint density at radius 1 is 1.17 bits per heavy atom. The molecule has 0 aliphatic heterocycles. The molecule has 0 spiro atoms. The van der Waals surface area contributed by atoms with Crippen LogP contribution in [0.3, 0.4) is 0 Å². The zero-order valence-corrected chi connectivity index (χ0v) is 12.7. The van der Waals surface area contributed by atoms with E-state index in [1.807, 2.05) is 18.2 Å². The molecule has 0 radical (unpaired) electrons. The van der Waals surface area contributed by atoms with E-state index < -0.39 is 0 Å². The SMILES string of the molecule is Cc1ccccc1C(C)Nc1ccc(Cl)cc1Br. The topological polar surface area (TPSA) is 12.0 Å². The highest BCUT2D eigenvalue weighted by molar-refractivity contribution is 9.10. The molecule has 0 fully saturated rings. The summed E-state index contributed by atoms with van der Waals surface area (Å²) in [6.45, 7) is 4.29. The van der Waals surface area contributed by atoms with Gasteiger partial charge in [-0.15, -0.1) is 0 Å². The second kappa shape index (κ2) is 5.77. The van der Waals surface area contributed by atoms with Crippen molar-refractivity contribution in [2.45, 2.75) is 19.9 Å². The lowest BCUT2D eigenvalue weighted by Crippen LogP contribution is -2.08. The normalized spacial score (nSPS) is 12.2. The Bertz CT molecular complexity index is 554. The van der Waals surface area contributed by atoms with Gasteiger partial charge in [-0.3, -0.25) is 0 Å². The minimum Gasteiger partial charge on any atom is -0.378 e. The fourth-order valence-electron chi connectivity index (χ4n) is 1.99. The number of hydrogen-bond donors (Lipinski definition) is 1. The molecule has 0 bridgehead atoms. The molecule has 18 heavy (non-hydrogen) atoms. The van der Waals surface area contributed by atoms with E-state index in [1.54, 1.807) is 0 Å². The zero-order valence-electron chi connectivity index (χ0n) is 10.4. The maximum atomic E-state index is 5.94. The van der Waals surface area contributed by atoms with Crippen LogP contribution in [0, 0.1) is 6.92 Å². The molecule has 3 heteroatoms. The fourth-order valence-corrected chi connectivity index (χ4v) is 2.79. The summed E-state index contributed by atoms with van der Waals surface area (Å²) in [5.74, 6) is 0. The van der Waals surface area contributed by atoms with Crippen molar-refractivity contribution in [3.8, 4) is 0 Å². The average molecular weight is 325 g/mol. The highest BCUT2D eigenvalue weighted by atomic mass is 79.9. The fraction of sp³-hybridized carbons (Fsp3) is 0.200. The second-order valence-corrected chi connectivity index (χ2v) is 5.64. The van der Waals surface area contributed by atoms with Crippen molar-refractivity contribution < 1.29 is 0 Å². The highest BCUT2D eigenvalue weighted by Crippen LogP contribution is 2.29. The van der Waals surface area contributed by atoms with E-state index in [0.29, 0.717) is 0 Å². The number of rotatable bonds is 3. The summed E-state index contributed by atoms with van der Waals surface area (Å²) in [5, 5.41) is 4.22. The van der Waals surface area contributed by atoms with E-state index in [1.165, 1.54) is 11.1 Å². The van der Waals surface area contributed by atoms with Gasteiger partial charge in [-0.2, -0.15) is 0 Å². The minimum atomic E-state index is 0.253. The second-order valence-electron chi connectivity index (χ2n) is 4.35. The van der Waals surface area contributed by atoms with Gasteiger partial charge in [0.1, 0.15) is 0 Å². The van der Waals surface area contributed by atoms with Crippen LogP contribution in [0.15, 0.2) is 46.9 Å². The summed E-state index contributed by atoms with van der Waals surface area (Å²) in [7, 11) is 0. The van der Waals surface area contributed by atoms with E-state index in [-0.39, 0.29) is 6.04 Å². The van der Waals surface area contributed by atoms with Gasteiger partial charge in [-0.1, -0.05) is 35.9 Å². The molecule has 0 aliphatic carbocycles. The summed E-state index contributed by atoms with van der Waals surface area (Å²) >= 11 is 9.46. The number of nitrogens with one attached hydrogen (secondary N) is 1. The molecule has 0 amide bonds. The molecule has 2 aromatic carbocycles. The number of hydrogen-bond acceptors (Lipinski definition) is 1. The van der Waals surface area contributed by atoms with Gasteiger partial charge in [0.05, 0.1) is 0 Å². The van der Waals surface area contributed by atoms with Crippen molar-refractivity contribution >= 4 is 33.2 Å². The Kier molecular flexibility index (Phi) is 4.31. The molecular weight excluding hydrogens is 310 g/mol. The van der Waals surface area contributed by atoms with Crippen LogP contribution in [0.25, 0.3) is 0 Å². The van der Waals surface area contributed by atoms with Gasteiger partial charge in [0.2, 0.25) is 0 Å². The van der Waals surface area contributed by atoms with Crippen LogP contribution in [0.5, 0.6) is 0 Å². The summed E-state index contributed by atoms with van der Waals surface area (Å²) in [6, 6.07) is 14.4. The largest absolute Gasteiger partial charge is 0.378 e. The molecule has 0 heterocycles. The van der Waals surface area contributed by atoms with Crippen LogP contribution in [-0.2, 0) is 0 Å². The molecule has 2 rings (SSSR count). The first kappa shape index (κ1) is 13.4. The molecule has 2 aromatic rings. The molecule has 1 unspecified atom stereocenters. The Hall–Kier alpha value is -0.990. The molecule has 94 valence electrons. The first-order valence-corrected chi connectivity index (χ1v) is 7.02. The van der Waals surface area contributed by atoms with E-state index in [4.69, 9.17) is 11.6 Å². The average Bonchev–Trinajstić information content (AvgIpc) is 2.33. The lowest BCUT2D eigenvalue weighted by atomic mass is 10.0. The quantitative estimate of drug-likeness (QED) is 0.776. The van der Waals surface area contributed by atoms with Gasteiger partial charge in [0.15, 0.2) is 0 Å². The van der Waals surface area contributed by atoms with Crippen molar-refractivity contribution in [3.63, 3.8) is 0 Å². The van der Waals surface area contributed by atoms with E-state index in [2.05, 4.69) is 59.4 Å². The van der Waals surface area contributed by atoms with Crippen molar-refractivity contribution in [1.29, 1.82) is 0 Å². The first-order chi connectivity index (χ1) is 8.58. The van der Waals surface area contributed by atoms with Crippen LogP contribution in [0.2, 0.25) is 5.02 Å². The predicted molar refractivity (Wildman–Crippen MR) is 82.4 cm³/mol. The predicted octanol–water partition coefficient (Wildman–Crippen LogP) is 5.58. The third-order valence-corrected chi connectivity index (χ3v) is 3.85. The highest BCUT2D eigenvalue weighted by Gasteiger charge is 2.09. The van der Waals surface area contributed by atoms with Crippen molar-refractivity contribution in [3.05, 3.63) is 63.1 Å². The van der Waals surface area contributed by atoms with Gasteiger partial charge in [-0.25, -0.2) is 0 Å². The number of halogens is 2. The van der Waals surface area contributed by atoms with Gasteiger partial charge in [0.25, 0.3) is 0 Å². The maximum Gasteiger partial charge on any atom is 0.0490 e. The summed E-state index contributed by atoms with van der Waals surface area (Å²) in [4.78, 5) is 0. The van der Waals surface area contributed by atoms with Gasteiger partial charge in [-0.05, 0) is 59.1 Å². The molecule has 0 saturated heterocycles. The molecule has 0 aliphatic rings. The number of aryl methyl sites for hydroxylation is 1. The molecular formula is C15H15BrClN. The van der Waals surface area contributed by atoms with E-state index >= 15 is 0 Å². The van der Waals surface area contributed by atoms with Crippen molar-refractivity contribution in [2.24, 2.45) is 0 Å². The molecule has 0 saturated carbocycles. The Balaban J connectivity index is 2.21.